The first-order valence-corrected chi connectivity index (χ1v) is 11.2. The van der Waals surface area contributed by atoms with Gasteiger partial charge < -0.3 is 11.1 Å². The number of hydrogen-bond acceptors (Lipinski definition) is 5. The van der Waals surface area contributed by atoms with E-state index < -0.39 is 5.82 Å². The van der Waals surface area contributed by atoms with Crippen molar-refractivity contribution in [3.8, 4) is 23.0 Å². The van der Waals surface area contributed by atoms with Crippen LogP contribution in [0.2, 0.25) is 0 Å². The molecule has 1 fully saturated rings. The van der Waals surface area contributed by atoms with Crippen molar-refractivity contribution < 1.29 is 4.39 Å². The van der Waals surface area contributed by atoms with Crippen molar-refractivity contribution in [3.05, 3.63) is 60.0 Å². The number of nitrogens with one attached hydrogen (secondary N) is 1. The molecule has 4 aromatic rings. The molecule has 0 bridgehead atoms. The van der Waals surface area contributed by atoms with Gasteiger partial charge in [-0.1, -0.05) is 12.5 Å². The zero-order chi connectivity index (χ0) is 22.9. The van der Waals surface area contributed by atoms with Gasteiger partial charge in [0.15, 0.2) is 0 Å². The van der Waals surface area contributed by atoms with Crippen LogP contribution in [0.5, 0.6) is 0 Å². The Balaban J connectivity index is 1.52. The highest BCUT2D eigenvalue weighted by Gasteiger charge is 2.20. The number of nitrogens with two attached hydrogens (primary N) is 1. The van der Waals surface area contributed by atoms with Crippen LogP contribution in [0.25, 0.3) is 27.8 Å². The van der Waals surface area contributed by atoms with Crippen LogP contribution in [-0.2, 0) is 7.05 Å². The molecule has 2 atom stereocenters. The number of rotatable bonds is 5. The molecule has 0 aliphatic heterocycles. The summed E-state index contributed by atoms with van der Waals surface area (Å²) in [6, 6.07) is 14.7. The lowest BCUT2D eigenvalue weighted by Gasteiger charge is -2.26. The molecule has 0 spiro atoms. The molecular formula is C25H26FN7. The Labute approximate surface area is 191 Å². The van der Waals surface area contributed by atoms with Gasteiger partial charge in [-0.3, -0.25) is 4.68 Å². The van der Waals surface area contributed by atoms with Crippen LogP contribution in [0.15, 0.2) is 48.7 Å². The molecule has 168 valence electrons. The summed E-state index contributed by atoms with van der Waals surface area (Å²) in [6.45, 7) is 0.799. The zero-order valence-corrected chi connectivity index (χ0v) is 18.5. The Bertz CT molecular complexity index is 1350. The first-order valence-electron chi connectivity index (χ1n) is 11.2. The van der Waals surface area contributed by atoms with Gasteiger partial charge in [-0.15, -0.1) is 5.10 Å². The van der Waals surface area contributed by atoms with Gasteiger partial charge in [-0.05, 0) is 55.5 Å². The number of hydrogen-bond donors (Lipinski definition) is 2. The van der Waals surface area contributed by atoms with Gasteiger partial charge in [0.1, 0.15) is 17.7 Å². The predicted molar refractivity (Wildman–Crippen MR) is 126 cm³/mol. The molecule has 2 aromatic carbocycles. The quantitative estimate of drug-likeness (QED) is 0.477. The summed E-state index contributed by atoms with van der Waals surface area (Å²) in [5.41, 5.74) is 9.43. The lowest BCUT2D eigenvalue weighted by atomic mass is 9.86. The minimum atomic E-state index is -0.545. The number of anilines is 1. The van der Waals surface area contributed by atoms with Crippen molar-refractivity contribution in [2.24, 2.45) is 18.7 Å². The molecule has 1 saturated carbocycles. The maximum atomic E-state index is 14.4. The summed E-state index contributed by atoms with van der Waals surface area (Å²) >= 11 is 0. The summed E-state index contributed by atoms with van der Waals surface area (Å²) in [7, 11) is 1.90. The molecule has 2 aromatic heterocycles. The van der Waals surface area contributed by atoms with E-state index in [4.69, 9.17) is 16.1 Å². The number of nitrogens with zero attached hydrogens (tertiary/aromatic N) is 5. The number of aromatic nitrogens is 4. The second kappa shape index (κ2) is 8.68. The molecule has 3 N–H and O–H groups in total. The fourth-order valence-corrected chi connectivity index (χ4v) is 4.68. The van der Waals surface area contributed by atoms with Crippen LogP contribution in [0.3, 0.4) is 0 Å². The van der Waals surface area contributed by atoms with Gasteiger partial charge >= 0.3 is 0 Å². The molecule has 0 saturated heterocycles. The Kier molecular flexibility index (Phi) is 5.56. The molecule has 33 heavy (non-hydrogen) atoms. The smallest absolute Gasteiger partial charge is 0.149 e. The largest absolute Gasteiger partial charge is 0.368 e. The lowest BCUT2D eigenvalue weighted by Crippen LogP contribution is -2.31. The van der Waals surface area contributed by atoms with Crippen LogP contribution in [0.4, 0.5) is 10.2 Å². The number of halogens is 1. The number of aryl methyl sites for hydroxylation is 1. The fraction of sp³-hybridized carbons (Fsp3) is 0.320. The van der Waals surface area contributed by atoms with E-state index in [1.165, 1.54) is 12.1 Å². The Morgan fingerprint density at radius 1 is 1.21 bits per heavy atom. The molecule has 1 aliphatic rings. The van der Waals surface area contributed by atoms with Crippen molar-refractivity contribution >= 4 is 16.7 Å². The van der Waals surface area contributed by atoms with Gasteiger partial charge in [-0.25, -0.2) is 9.07 Å². The lowest BCUT2D eigenvalue weighted by molar-refractivity contribution is 0.335. The Morgan fingerprint density at radius 3 is 2.88 bits per heavy atom. The highest BCUT2D eigenvalue weighted by atomic mass is 19.1. The molecule has 0 unspecified atom stereocenters. The summed E-state index contributed by atoms with van der Waals surface area (Å²) in [4.78, 5) is 0. The fourth-order valence-electron chi connectivity index (χ4n) is 4.68. The minimum Gasteiger partial charge on any atom is -0.368 e. The predicted octanol–water partition coefficient (Wildman–Crippen LogP) is 4.37. The summed E-state index contributed by atoms with van der Waals surface area (Å²) < 4.78 is 18.1. The summed E-state index contributed by atoms with van der Waals surface area (Å²) in [6.07, 6.45) is 6.24. The minimum absolute atomic E-state index is 0.0218. The van der Waals surface area contributed by atoms with Crippen molar-refractivity contribution in [2.45, 2.75) is 31.7 Å². The van der Waals surface area contributed by atoms with Crippen molar-refractivity contribution in [2.75, 3.05) is 11.9 Å². The molecule has 1 aliphatic carbocycles. The van der Waals surface area contributed by atoms with Crippen LogP contribution in [0, 0.1) is 23.1 Å². The third-order valence-corrected chi connectivity index (χ3v) is 6.46. The zero-order valence-electron chi connectivity index (χ0n) is 18.5. The Hall–Kier alpha value is -3.70. The normalized spacial score (nSPS) is 18.4. The second-order valence-electron chi connectivity index (χ2n) is 8.82. The maximum absolute atomic E-state index is 14.4. The number of benzene rings is 2. The third kappa shape index (κ3) is 4.20. The highest BCUT2D eigenvalue weighted by molar-refractivity contribution is 5.81. The van der Waals surface area contributed by atoms with Crippen LogP contribution >= 0.6 is 0 Å². The van der Waals surface area contributed by atoms with E-state index in [2.05, 4.69) is 10.4 Å². The number of fused-ring (bicyclic) bond motifs is 1. The van der Waals surface area contributed by atoms with E-state index in [1.54, 1.807) is 6.07 Å². The van der Waals surface area contributed by atoms with E-state index in [0.29, 0.717) is 11.5 Å². The maximum Gasteiger partial charge on any atom is 0.149 e. The Morgan fingerprint density at radius 2 is 2.09 bits per heavy atom. The van der Waals surface area contributed by atoms with Crippen molar-refractivity contribution in [1.29, 1.82) is 5.26 Å². The van der Waals surface area contributed by atoms with E-state index in [-0.39, 0.29) is 11.6 Å². The first kappa shape index (κ1) is 21.2. The molecule has 2 heterocycles. The van der Waals surface area contributed by atoms with E-state index in [1.807, 2.05) is 52.9 Å². The van der Waals surface area contributed by atoms with Crippen LogP contribution in [-0.4, -0.2) is 32.1 Å². The summed E-state index contributed by atoms with van der Waals surface area (Å²) in [5.74, 6) is 0.692. The molecule has 0 amide bonds. The average molecular weight is 444 g/mol. The molecule has 5 rings (SSSR count). The van der Waals surface area contributed by atoms with Gasteiger partial charge in [0.2, 0.25) is 0 Å². The topological polar surface area (TPSA) is 97.5 Å². The van der Waals surface area contributed by atoms with E-state index >= 15 is 0 Å². The standard InChI is InChI=1S/C25H26FN7/c1-32-23-8-7-21(10-19(23)15-30-32)33-24(17-5-6-18(13-27)22(26)11-17)12-25(31-33)29-14-16-3-2-4-20(28)9-16/h5-8,10-12,15-16,20H,2-4,9,14,28H2,1H3,(H,29,31)/t16-,20-/m0/s1. The average Bonchev–Trinajstić information content (AvgIpc) is 3.41. The van der Waals surface area contributed by atoms with E-state index in [9.17, 15) is 4.39 Å². The van der Waals surface area contributed by atoms with Crippen molar-refractivity contribution in [1.82, 2.24) is 19.6 Å². The second-order valence-corrected chi connectivity index (χ2v) is 8.82. The summed E-state index contributed by atoms with van der Waals surface area (Å²) in [5, 5.41) is 22.7. The number of nitriles is 1. The van der Waals surface area contributed by atoms with Gasteiger partial charge in [0.25, 0.3) is 0 Å². The van der Waals surface area contributed by atoms with Crippen molar-refractivity contribution in [3.63, 3.8) is 0 Å². The SMILES string of the molecule is Cn1ncc2cc(-n3nc(NC[C@H]4CCC[C@H](N)C4)cc3-c3ccc(C#N)c(F)c3)ccc21. The monoisotopic (exact) mass is 443 g/mol. The third-order valence-electron chi connectivity index (χ3n) is 6.46. The first-order chi connectivity index (χ1) is 16.0. The van der Waals surface area contributed by atoms with Crippen LogP contribution in [0.1, 0.15) is 31.2 Å². The van der Waals surface area contributed by atoms with Gasteiger partial charge in [0, 0.05) is 36.7 Å². The van der Waals surface area contributed by atoms with Gasteiger partial charge in [0.05, 0.1) is 28.7 Å². The molecule has 7 nitrogen and oxygen atoms in total. The molecule has 0 radical (unpaired) electrons. The van der Waals surface area contributed by atoms with Crippen LogP contribution < -0.4 is 11.1 Å². The van der Waals surface area contributed by atoms with E-state index in [0.717, 1.165) is 60.3 Å². The molecule has 8 heteroatoms. The molecular weight excluding hydrogens is 417 g/mol. The highest BCUT2D eigenvalue weighted by Crippen LogP contribution is 2.30. The van der Waals surface area contributed by atoms with Gasteiger partial charge in [-0.2, -0.15) is 10.4 Å².